The molecule has 0 aliphatic carbocycles. The monoisotopic (exact) mass is 373 g/mol. The van der Waals surface area contributed by atoms with Crippen molar-refractivity contribution in [2.24, 2.45) is 0 Å². The fourth-order valence-corrected chi connectivity index (χ4v) is 3.58. The Morgan fingerprint density at radius 2 is 2.00 bits per heavy atom. The van der Waals surface area contributed by atoms with Gasteiger partial charge in [0.1, 0.15) is 0 Å². The standard InChI is InChI=1S/C20H27N3O4/c1-21(13-16-6-3-2-4-7-16)19(25)12-17-15-27-11-10-23(17)20(26)14-22-9-5-8-18(22)24/h2-4,6-7,17H,5,8-15H2,1H3/t17-/m0/s1. The molecule has 0 radical (unpaired) electrons. The molecule has 1 atom stereocenters. The maximum absolute atomic E-state index is 12.7. The zero-order chi connectivity index (χ0) is 19.2. The third-order valence-electron chi connectivity index (χ3n) is 5.14. The van der Waals surface area contributed by atoms with E-state index in [0.29, 0.717) is 39.3 Å². The molecule has 0 saturated carbocycles. The molecule has 0 spiro atoms. The molecule has 2 aliphatic heterocycles. The first-order valence-corrected chi connectivity index (χ1v) is 9.47. The number of ether oxygens (including phenoxy) is 1. The number of carbonyl (C=O) groups excluding carboxylic acids is 3. The number of hydrogen-bond acceptors (Lipinski definition) is 4. The van der Waals surface area contributed by atoms with Gasteiger partial charge in [0.2, 0.25) is 17.7 Å². The summed E-state index contributed by atoms with van der Waals surface area (Å²) in [5.74, 6) is -0.0895. The van der Waals surface area contributed by atoms with Crippen molar-refractivity contribution < 1.29 is 19.1 Å². The molecule has 146 valence electrons. The van der Waals surface area contributed by atoms with Crippen molar-refractivity contribution >= 4 is 17.7 Å². The smallest absolute Gasteiger partial charge is 0.242 e. The number of benzene rings is 1. The highest BCUT2D eigenvalue weighted by molar-refractivity contribution is 5.86. The predicted octanol–water partition coefficient (Wildman–Crippen LogP) is 0.885. The third-order valence-corrected chi connectivity index (χ3v) is 5.14. The lowest BCUT2D eigenvalue weighted by molar-refractivity contribution is -0.147. The minimum Gasteiger partial charge on any atom is -0.377 e. The van der Waals surface area contributed by atoms with E-state index in [4.69, 9.17) is 4.74 Å². The van der Waals surface area contributed by atoms with Crippen molar-refractivity contribution in [2.45, 2.75) is 31.8 Å². The highest BCUT2D eigenvalue weighted by Crippen LogP contribution is 2.16. The number of rotatable bonds is 6. The maximum Gasteiger partial charge on any atom is 0.242 e. The highest BCUT2D eigenvalue weighted by Gasteiger charge is 2.32. The molecule has 7 nitrogen and oxygen atoms in total. The molecule has 2 saturated heterocycles. The van der Waals surface area contributed by atoms with E-state index in [1.807, 2.05) is 30.3 Å². The fourth-order valence-electron chi connectivity index (χ4n) is 3.58. The number of carbonyl (C=O) groups is 3. The van der Waals surface area contributed by atoms with Gasteiger partial charge in [0.25, 0.3) is 0 Å². The van der Waals surface area contributed by atoms with Crippen LogP contribution in [0.25, 0.3) is 0 Å². The Kier molecular flexibility index (Phi) is 6.45. The van der Waals surface area contributed by atoms with Crippen LogP contribution in [0, 0.1) is 0 Å². The van der Waals surface area contributed by atoms with E-state index in [1.165, 1.54) is 0 Å². The second kappa shape index (κ2) is 8.99. The average Bonchev–Trinajstić information content (AvgIpc) is 3.07. The summed E-state index contributed by atoms with van der Waals surface area (Å²) in [7, 11) is 1.77. The van der Waals surface area contributed by atoms with Gasteiger partial charge in [-0.1, -0.05) is 30.3 Å². The van der Waals surface area contributed by atoms with Crippen molar-refractivity contribution in [3.63, 3.8) is 0 Å². The largest absolute Gasteiger partial charge is 0.377 e. The van der Waals surface area contributed by atoms with Gasteiger partial charge in [-0.05, 0) is 12.0 Å². The molecule has 0 unspecified atom stereocenters. The summed E-state index contributed by atoms with van der Waals surface area (Å²) in [6.07, 6.45) is 1.55. The molecule has 27 heavy (non-hydrogen) atoms. The lowest BCUT2D eigenvalue weighted by Gasteiger charge is -2.37. The zero-order valence-corrected chi connectivity index (χ0v) is 15.8. The van der Waals surface area contributed by atoms with Crippen molar-refractivity contribution in [3.05, 3.63) is 35.9 Å². The van der Waals surface area contributed by atoms with Crippen LogP contribution in [-0.4, -0.2) is 78.4 Å². The van der Waals surface area contributed by atoms with Crippen LogP contribution in [0.2, 0.25) is 0 Å². The van der Waals surface area contributed by atoms with Gasteiger partial charge in [0.15, 0.2) is 0 Å². The van der Waals surface area contributed by atoms with E-state index in [-0.39, 0.29) is 36.7 Å². The number of amides is 3. The van der Waals surface area contributed by atoms with Crippen molar-refractivity contribution in [3.8, 4) is 0 Å². The molecule has 3 rings (SSSR count). The Bertz CT molecular complexity index is 679. The van der Waals surface area contributed by atoms with E-state index in [1.54, 1.807) is 21.7 Å². The van der Waals surface area contributed by atoms with Gasteiger partial charge in [0, 0.05) is 39.5 Å². The Morgan fingerprint density at radius 3 is 2.70 bits per heavy atom. The molecule has 0 N–H and O–H groups in total. The van der Waals surface area contributed by atoms with Crippen molar-refractivity contribution in [2.75, 3.05) is 39.9 Å². The summed E-state index contributed by atoms with van der Waals surface area (Å²) < 4.78 is 5.51. The Morgan fingerprint density at radius 1 is 1.22 bits per heavy atom. The molecule has 2 fully saturated rings. The Labute approximate surface area is 159 Å². The third kappa shape index (κ3) is 5.07. The molecule has 1 aromatic rings. The van der Waals surface area contributed by atoms with Gasteiger partial charge >= 0.3 is 0 Å². The van der Waals surface area contributed by atoms with Crippen LogP contribution >= 0.6 is 0 Å². The quantitative estimate of drug-likeness (QED) is 0.742. The molecule has 2 aliphatic rings. The highest BCUT2D eigenvalue weighted by atomic mass is 16.5. The maximum atomic E-state index is 12.7. The molecule has 7 heteroatoms. The Hall–Kier alpha value is -2.41. The van der Waals surface area contributed by atoms with Gasteiger partial charge in [0.05, 0.1) is 25.8 Å². The van der Waals surface area contributed by atoms with Crippen molar-refractivity contribution in [1.82, 2.24) is 14.7 Å². The summed E-state index contributed by atoms with van der Waals surface area (Å²) in [6.45, 7) is 2.54. The van der Waals surface area contributed by atoms with Crippen LogP contribution in [-0.2, 0) is 25.7 Å². The zero-order valence-electron chi connectivity index (χ0n) is 15.8. The van der Waals surface area contributed by atoms with Gasteiger partial charge in [-0.25, -0.2) is 0 Å². The second-order valence-corrected chi connectivity index (χ2v) is 7.17. The summed E-state index contributed by atoms with van der Waals surface area (Å²) >= 11 is 0. The minimum atomic E-state index is -0.283. The first-order valence-electron chi connectivity index (χ1n) is 9.47. The fraction of sp³-hybridized carbons (Fsp3) is 0.550. The first kappa shape index (κ1) is 19.4. The number of hydrogen-bond donors (Lipinski definition) is 0. The normalized spacial score (nSPS) is 20.0. The molecular weight excluding hydrogens is 346 g/mol. The lowest BCUT2D eigenvalue weighted by atomic mass is 10.1. The van der Waals surface area contributed by atoms with Crippen LogP contribution < -0.4 is 0 Å². The van der Waals surface area contributed by atoms with Gasteiger partial charge in [-0.2, -0.15) is 0 Å². The number of morpholine rings is 1. The van der Waals surface area contributed by atoms with E-state index in [2.05, 4.69) is 0 Å². The van der Waals surface area contributed by atoms with Gasteiger partial charge in [-0.15, -0.1) is 0 Å². The second-order valence-electron chi connectivity index (χ2n) is 7.17. The molecule has 1 aromatic carbocycles. The summed E-state index contributed by atoms with van der Waals surface area (Å²) in [4.78, 5) is 42.1. The number of nitrogens with zero attached hydrogens (tertiary/aromatic N) is 3. The Balaban J connectivity index is 1.56. The molecule has 0 bridgehead atoms. The van der Waals surface area contributed by atoms with Gasteiger partial charge < -0.3 is 19.4 Å². The van der Waals surface area contributed by atoms with Crippen molar-refractivity contribution in [1.29, 1.82) is 0 Å². The van der Waals surface area contributed by atoms with Crippen LogP contribution in [0.5, 0.6) is 0 Å². The molecular formula is C20H27N3O4. The minimum absolute atomic E-state index is 0.0237. The molecule has 2 heterocycles. The predicted molar refractivity (Wildman–Crippen MR) is 99.7 cm³/mol. The van der Waals surface area contributed by atoms with Crippen LogP contribution in [0.4, 0.5) is 0 Å². The molecule has 0 aromatic heterocycles. The van der Waals surface area contributed by atoms with E-state index in [0.717, 1.165) is 12.0 Å². The lowest BCUT2D eigenvalue weighted by Crippen LogP contribution is -2.53. The molecule has 3 amide bonds. The van der Waals surface area contributed by atoms with Crippen LogP contribution in [0.15, 0.2) is 30.3 Å². The van der Waals surface area contributed by atoms with E-state index < -0.39 is 0 Å². The van der Waals surface area contributed by atoms with E-state index >= 15 is 0 Å². The summed E-state index contributed by atoms with van der Waals surface area (Å²) in [6, 6.07) is 9.52. The average molecular weight is 373 g/mol. The van der Waals surface area contributed by atoms with Crippen LogP contribution in [0.3, 0.4) is 0 Å². The SMILES string of the molecule is CN(Cc1ccccc1)C(=O)C[C@H]1COCCN1C(=O)CN1CCCC1=O. The summed E-state index contributed by atoms with van der Waals surface area (Å²) in [5, 5.41) is 0. The van der Waals surface area contributed by atoms with Gasteiger partial charge in [-0.3, -0.25) is 14.4 Å². The first-order chi connectivity index (χ1) is 13.0. The number of likely N-dealkylation sites (tertiary alicyclic amines) is 1. The van der Waals surface area contributed by atoms with E-state index in [9.17, 15) is 14.4 Å². The van der Waals surface area contributed by atoms with Crippen LogP contribution in [0.1, 0.15) is 24.8 Å². The summed E-state index contributed by atoms with van der Waals surface area (Å²) in [5.41, 5.74) is 1.06. The topological polar surface area (TPSA) is 70.2 Å².